The van der Waals surface area contributed by atoms with Crippen molar-refractivity contribution >= 4 is 11.7 Å². The highest BCUT2D eigenvalue weighted by Crippen LogP contribution is 2.32. The van der Waals surface area contributed by atoms with Gasteiger partial charge in [-0.2, -0.15) is 0 Å². The number of aromatic carboxylic acids is 1. The number of carboxylic acids is 1. The molecule has 0 spiro atoms. The molecule has 3 nitrogen and oxygen atoms in total. The molecule has 0 atom stereocenters. The highest BCUT2D eigenvalue weighted by Gasteiger charge is 2.31. The van der Waals surface area contributed by atoms with Crippen LogP contribution >= 0.6 is 0 Å². The Morgan fingerprint density at radius 3 is 1.94 bits per heavy atom. The van der Waals surface area contributed by atoms with Gasteiger partial charge in [0, 0.05) is 16.8 Å². The third-order valence-corrected chi connectivity index (χ3v) is 2.69. The van der Waals surface area contributed by atoms with Gasteiger partial charge in [0.25, 0.3) is 0 Å². The van der Waals surface area contributed by atoms with Crippen molar-refractivity contribution in [3.8, 4) is 0 Å². The van der Waals surface area contributed by atoms with Crippen LogP contribution in [0.25, 0.3) is 0 Å². The minimum absolute atomic E-state index is 0.0740. The van der Waals surface area contributed by atoms with Crippen molar-refractivity contribution in [3.05, 3.63) is 29.8 Å². The maximum Gasteiger partial charge on any atom is 0.335 e. The second-order valence-electron chi connectivity index (χ2n) is 6.53. The predicted octanol–water partition coefficient (Wildman–Crippen LogP) is 3.79. The molecule has 3 heteroatoms. The lowest BCUT2D eigenvalue weighted by Crippen LogP contribution is -2.53. The smallest absolute Gasteiger partial charge is 0.335 e. The van der Waals surface area contributed by atoms with Crippen molar-refractivity contribution in [2.24, 2.45) is 0 Å². The van der Waals surface area contributed by atoms with Crippen LogP contribution in [-0.4, -0.2) is 22.2 Å². The van der Waals surface area contributed by atoms with Crippen LogP contribution < -0.4 is 4.90 Å². The fraction of sp³-hybridized carbons (Fsp3) is 0.533. The van der Waals surface area contributed by atoms with E-state index in [1.54, 1.807) is 18.2 Å². The van der Waals surface area contributed by atoms with Crippen molar-refractivity contribution in [3.63, 3.8) is 0 Å². The summed E-state index contributed by atoms with van der Waals surface area (Å²) >= 11 is 0. The van der Waals surface area contributed by atoms with Crippen molar-refractivity contribution in [2.45, 2.75) is 52.6 Å². The fourth-order valence-electron chi connectivity index (χ4n) is 2.56. The van der Waals surface area contributed by atoms with Crippen LogP contribution in [0.1, 0.15) is 51.9 Å². The van der Waals surface area contributed by atoms with Crippen LogP contribution in [0.3, 0.4) is 0 Å². The van der Waals surface area contributed by atoms with Gasteiger partial charge in [0.05, 0.1) is 5.56 Å². The molecule has 0 fully saturated rings. The minimum Gasteiger partial charge on any atom is -0.478 e. The summed E-state index contributed by atoms with van der Waals surface area (Å²) < 4.78 is 0. The van der Waals surface area contributed by atoms with Gasteiger partial charge in [-0.15, -0.1) is 0 Å². The summed E-state index contributed by atoms with van der Waals surface area (Å²) in [7, 11) is 0. The largest absolute Gasteiger partial charge is 0.478 e. The molecule has 0 saturated heterocycles. The van der Waals surface area contributed by atoms with Gasteiger partial charge in [-0.05, 0) is 59.7 Å². The Labute approximate surface area is 109 Å². The highest BCUT2D eigenvalue weighted by molar-refractivity contribution is 5.88. The Morgan fingerprint density at radius 2 is 1.56 bits per heavy atom. The molecule has 0 heterocycles. The quantitative estimate of drug-likeness (QED) is 0.867. The third-order valence-electron chi connectivity index (χ3n) is 2.69. The summed E-state index contributed by atoms with van der Waals surface area (Å²) in [4.78, 5) is 13.3. The molecule has 0 bridgehead atoms. The maximum absolute atomic E-state index is 11.1. The first kappa shape index (κ1) is 14.6. The predicted molar refractivity (Wildman–Crippen MR) is 75.4 cm³/mol. The summed E-state index contributed by atoms with van der Waals surface area (Å²) in [5.41, 5.74) is 1.12. The van der Waals surface area contributed by atoms with E-state index in [2.05, 4.69) is 46.4 Å². The Balaban J connectivity index is 3.31. The second-order valence-corrected chi connectivity index (χ2v) is 6.53. The minimum atomic E-state index is -0.889. The van der Waals surface area contributed by atoms with Gasteiger partial charge in [-0.25, -0.2) is 4.79 Å². The van der Waals surface area contributed by atoms with Gasteiger partial charge >= 0.3 is 5.97 Å². The van der Waals surface area contributed by atoms with Gasteiger partial charge in [-0.3, -0.25) is 0 Å². The van der Waals surface area contributed by atoms with Gasteiger partial charge in [0.15, 0.2) is 0 Å². The molecular formula is C15H23NO2. The molecule has 0 aliphatic carbocycles. The average molecular weight is 249 g/mol. The molecule has 100 valence electrons. The zero-order valence-electron chi connectivity index (χ0n) is 12.1. The summed E-state index contributed by atoms with van der Waals surface area (Å²) in [6.07, 6.45) is 0. The number of anilines is 1. The number of carboxylic acid groups (broad SMARTS) is 1. The zero-order chi connectivity index (χ0) is 14.1. The molecule has 0 aliphatic rings. The van der Waals surface area contributed by atoms with Crippen molar-refractivity contribution < 1.29 is 9.90 Å². The lowest BCUT2D eigenvalue weighted by atomic mass is 9.94. The van der Waals surface area contributed by atoms with Crippen LogP contribution in [0.15, 0.2) is 24.3 Å². The summed E-state index contributed by atoms with van der Waals surface area (Å²) in [6.45, 7) is 12.8. The summed E-state index contributed by atoms with van der Waals surface area (Å²) in [6, 6.07) is 7.11. The number of hydrogen-bond acceptors (Lipinski definition) is 2. The van der Waals surface area contributed by atoms with Gasteiger partial charge in [0.2, 0.25) is 0 Å². The Hall–Kier alpha value is -1.51. The Bertz CT molecular complexity index is 425. The molecule has 0 amide bonds. The molecule has 0 saturated carbocycles. The molecule has 1 N–H and O–H groups in total. The van der Waals surface area contributed by atoms with E-state index in [1.165, 1.54) is 0 Å². The van der Waals surface area contributed by atoms with Crippen molar-refractivity contribution in [1.29, 1.82) is 0 Å². The molecule has 0 aliphatic heterocycles. The van der Waals surface area contributed by atoms with E-state index in [4.69, 9.17) is 5.11 Å². The summed E-state index contributed by atoms with van der Waals surface area (Å²) in [5, 5.41) is 9.08. The standard InChI is InChI=1S/C15H23NO2/c1-14(2,3)16(15(4,5)6)12-9-7-8-11(10-12)13(17)18/h7-10H,1-6H3,(H,17,18). The van der Waals surface area contributed by atoms with E-state index in [9.17, 15) is 4.79 Å². The normalized spacial score (nSPS) is 12.3. The molecule has 1 rings (SSSR count). The van der Waals surface area contributed by atoms with Crippen LogP contribution in [0.5, 0.6) is 0 Å². The van der Waals surface area contributed by atoms with E-state index in [1.807, 2.05) is 6.07 Å². The summed E-state index contributed by atoms with van der Waals surface area (Å²) in [5.74, 6) is -0.889. The van der Waals surface area contributed by atoms with Crippen molar-refractivity contribution in [2.75, 3.05) is 4.90 Å². The van der Waals surface area contributed by atoms with Gasteiger partial charge in [0.1, 0.15) is 0 Å². The van der Waals surface area contributed by atoms with Gasteiger partial charge < -0.3 is 10.0 Å². The Morgan fingerprint density at radius 1 is 1.06 bits per heavy atom. The number of benzene rings is 1. The molecule has 18 heavy (non-hydrogen) atoms. The lowest BCUT2D eigenvalue weighted by Gasteiger charge is -2.47. The van der Waals surface area contributed by atoms with E-state index in [0.717, 1.165) is 5.69 Å². The van der Waals surface area contributed by atoms with Gasteiger partial charge in [-0.1, -0.05) is 6.07 Å². The van der Waals surface area contributed by atoms with Crippen LogP contribution in [0.2, 0.25) is 0 Å². The van der Waals surface area contributed by atoms with E-state index in [0.29, 0.717) is 5.56 Å². The van der Waals surface area contributed by atoms with Crippen molar-refractivity contribution in [1.82, 2.24) is 0 Å². The van der Waals surface area contributed by atoms with Crippen LogP contribution in [0, 0.1) is 0 Å². The maximum atomic E-state index is 11.1. The molecule has 0 unspecified atom stereocenters. The highest BCUT2D eigenvalue weighted by atomic mass is 16.4. The monoisotopic (exact) mass is 249 g/mol. The van der Waals surface area contributed by atoms with E-state index in [-0.39, 0.29) is 11.1 Å². The Kier molecular flexibility index (Phi) is 3.75. The first-order valence-electron chi connectivity index (χ1n) is 6.17. The molecule has 0 aromatic heterocycles. The topological polar surface area (TPSA) is 40.5 Å². The molecular weight excluding hydrogens is 226 g/mol. The molecule has 0 radical (unpaired) electrons. The number of nitrogens with zero attached hydrogens (tertiary/aromatic N) is 1. The first-order valence-corrected chi connectivity index (χ1v) is 6.17. The van der Waals surface area contributed by atoms with E-state index < -0.39 is 5.97 Å². The lowest BCUT2D eigenvalue weighted by molar-refractivity contribution is 0.0697. The average Bonchev–Trinajstić information content (AvgIpc) is 2.13. The first-order chi connectivity index (χ1) is 8.03. The zero-order valence-corrected chi connectivity index (χ0v) is 12.1. The van der Waals surface area contributed by atoms with E-state index >= 15 is 0 Å². The third kappa shape index (κ3) is 3.25. The molecule has 1 aromatic carbocycles. The van der Waals surface area contributed by atoms with Crippen LogP contribution in [0.4, 0.5) is 5.69 Å². The second kappa shape index (κ2) is 4.63. The van der Waals surface area contributed by atoms with Crippen LogP contribution in [-0.2, 0) is 0 Å². The SMILES string of the molecule is CC(C)(C)N(c1cccc(C(=O)O)c1)C(C)(C)C. The number of carbonyl (C=O) groups is 1. The molecule has 1 aromatic rings. The fourth-order valence-corrected chi connectivity index (χ4v) is 2.56. The number of rotatable bonds is 2. The number of hydrogen-bond donors (Lipinski definition) is 1.